The van der Waals surface area contributed by atoms with Crippen LogP contribution in [0.1, 0.15) is 5.56 Å². The van der Waals surface area contributed by atoms with Gasteiger partial charge in [-0.05, 0) is 18.2 Å². The van der Waals surface area contributed by atoms with Crippen LogP contribution in [0.15, 0.2) is 33.5 Å². The van der Waals surface area contributed by atoms with E-state index in [1.54, 1.807) is 18.2 Å². The van der Waals surface area contributed by atoms with Gasteiger partial charge in [0.1, 0.15) is 11.3 Å². The molecule has 0 aliphatic heterocycles. The van der Waals surface area contributed by atoms with Crippen molar-refractivity contribution >= 4 is 11.0 Å². The third kappa shape index (κ3) is 2.52. The van der Waals surface area contributed by atoms with E-state index in [9.17, 15) is 4.79 Å². The fraction of sp³-hybridized carbons (Fsp3) is 0.308. The molecule has 0 aliphatic rings. The maximum absolute atomic E-state index is 11.3. The lowest BCUT2D eigenvalue weighted by molar-refractivity contribution is 0.0503. The zero-order chi connectivity index (χ0) is 13.0. The summed E-state index contributed by atoms with van der Waals surface area (Å²) in [5.41, 5.74) is 0.695. The van der Waals surface area contributed by atoms with E-state index in [0.717, 1.165) is 5.39 Å². The molecular formula is C13H14O5. The topological polar surface area (TPSA) is 68.9 Å². The van der Waals surface area contributed by atoms with Gasteiger partial charge >= 0.3 is 5.63 Å². The molecule has 0 radical (unpaired) electrons. The number of aliphatic hydroxyl groups is 1. The maximum atomic E-state index is 11.3. The molecule has 0 saturated carbocycles. The Kier molecular flexibility index (Phi) is 3.96. The monoisotopic (exact) mass is 250 g/mol. The predicted octanol–water partition coefficient (Wildman–Crippen LogP) is 1.31. The highest BCUT2D eigenvalue weighted by Crippen LogP contribution is 2.27. The van der Waals surface area contributed by atoms with Crippen LogP contribution in [0, 0.1) is 0 Å². The number of benzene rings is 1. The molecule has 5 nitrogen and oxygen atoms in total. The molecule has 0 aliphatic carbocycles. The van der Waals surface area contributed by atoms with Crippen molar-refractivity contribution in [3.05, 3.63) is 40.2 Å². The second-order valence-corrected chi connectivity index (χ2v) is 3.74. The quantitative estimate of drug-likeness (QED) is 0.640. The van der Waals surface area contributed by atoms with Crippen molar-refractivity contribution < 1.29 is 19.0 Å². The van der Waals surface area contributed by atoms with Crippen molar-refractivity contribution in [3.8, 4) is 5.75 Å². The Morgan fingerprint density at radius 3 is 2.78 bits per heavy atom. The number of fused-ring (bicyclic) bond motifs is 1. The van der Waals surface area contributed by atoms with E-state index in [-0.39, 0.29) is 13.4 Å². The van der Waals surface area contributed by atoms with Crippen molar-refractivity contribution in [3.63, 3.8) is 0 Å². The number of aliphatic hydroxyl groups excluding tert-OH is 1. The summed E-state index contributed by atoms with van der Waals surface area (Å²) in [4.78, 5) is 11.3. The highest BCUT2D eigenvalue weighted by Gasteiger charge is 2.11. The summed E-state index contributed by atoms with van der Waals surface area (Å²) in [5, 5.41) is 9.89. The van der Waals surface area contributed by atoms with E-state index in [1.807, 2.05) is 0 Å². The average molecular weight is 250 g/mol. The highest BCUT2D eigenvalue weighted by molar-refractivity contribution is 5.82. The zero-order valence-corrected chi connectivity index (χ0v) is 10.0. The van der Waals surface area contributed by atoms with Gasteiger partial charge in [0, 0.05) is 37.2 Å². The molecule has 0 bridgehead atoms. The molecule has 1 heterocycles. The third-order valence-corrected chi connectivity index (χ3v) is 2.54. The number of hydrogen-bond acceptors (Lipinski definition) is 5. The van der Waals surface area contributed by atoms with Gasteiger partial charge in [-0.3, -0.25) is 0 Å². The summed E-state index contributed by atoms with van der Waals surface area (Å²) < 4.78 is 15.4. The lowest BCUT2D eigenvalue weighted by Crippen LogP contribution is -2.05. The Bertz CT molecular complexity index is 587. The maximum Gasteiger partial charge on any atom is 0.336 e. The summed E-state index contributed by atoms with van der Waals surface area (Å²) >= 11 is 0. The van der Waals surface area contributed by atoms with Crippen molar-refractivity contribution in [2.24, 2.45) is 0 Å². The summed E-state index contributed by atoms with van der Waals surface area (Å²) in [7, 11) is 1.52. The molecule has 0 fully saturated rings. The van der Waals surface area contributed by atoms with Crippen LogP contribution in [0.2, 0.25) is 0 Å². The SMILES string of the molecule is COCOc1ccc2ccc(=O)oc2c1CCO. The molecule has 1 aromatic carbocycles. The van der Waals surface area contributed by atoms with Gasteiger partial charge in [-0.1, -0.05) is 0 Å². The first-order valence-electron chi connectivity index (χ1n) is 5.54. The van der Waals surface area contributed by atoms with Gasteiger partial charge in [0.15, 0.2) is 6.79 Å². The minimum absolute atomic E-state index is 0.0545. The minimum atomic E-state index is -0.425. The van der Waals surface area contributed by atoms with Crippen LogP contribution in [0.4, 0.5) is 0 Å². The molecule has 18 heavy (non-hydrogen) atoms. The number of ether oxygens (including phenoxy) is 2. The summed E-state index contributed by atoms with van der Waals surface area (Å²) in [6.07, 6.45) is 0.351. The summed E-state index contributed by atoms with van der Waals surface area (Å²) in [6.45, 7) is 0.0437. The average Bonchev–Trinajstić information content (AvgIpc) is 2.38. The standard InChI is InChI=1S/C13H14O5/c1-16-8-17-11-4-2-9-3-5-12(15)18-13(9)10(11)6-7-14/h2-5,14H,6-8H2,1H3. The highest BCUT2D eigenvalue weighted by atomic mass is 16.7. The Morgan fingerprint density at radius 1 is 1.28 bits per heavy atom. The van der Waals surface area contributed by atoms with Gasteiger partial charge < -0.3 is 19.0 Å². The van der Waals surface area contributed by atoms with Crippen LogP contribution >= 0.6 is 0 Å². The number of methoxy groups -OCH3 is 1. The predicted molar refractivity (Wildman–Crippen MR) is 65.8 cm³/mol. The van der Waals surface area contributed by atoms with E-state index in [2.05, 4.69) is 0 Å². The Labute approximate surface area is 104 Å². The van der Waals surface area contributed by atoms with Crippen molar-refractivity contribution in [2.75, 3.05) is 20.5 Å². The van der Waals surface area contributed by atoms with Gasteiger partial charge in [0.2, 0.25) is 0 Å². The zero-order valence-electron chi connectivity index (χ0n) is 10.0. The molecular weight excluding hydrogens is 236 g/mol. The number of rotatable bonds is 5. The largest absolute Gasteiger partial charge is 0.467 e. The van der Waals surface area contributed by atoms with E-state index < -0.39 is 5.63 Å². The van der Waals surface area contributed by atoms with Crippen LogP contribution in [0.5, 0.6) is 5.75 Å². The van der Waals surface area contributed by atoms with Gasteiger partial charge in [-0.2, -0.15) is 0 Å². The van der Waals surface area contributed by atoms with Crippen LogP contribution in [-0.2, 0) is 11.2 Å². The van der Waals surface area contributed by atoms with Crippen LogP contribution in [-0.4, -0.2) is 25.6 Å². The van der Waals surface area contributed by atoms with Crippen molar-refractivity contribution in [2.45, 2.75) is 6.42 Å². The van der Waals surface area contributed by atoms with E-state index in [1.165, 1.54) is 13.2 Å². The molecule has 5 heteroatoms. The third-order valence-electron chi connectivity index (χ3n) is 2.54. The number of hydrogen-bond donors (Lipinski definition) is 1. The molecule has 0 saturated heterocycles. The van der Waals surface area contributed by atoms with Crippen LogP contribution in [0.3, 0.4) is 0 Å². The molecule has 2 aromatic rings. The molecule has 2 rings (SSSR count). The van der Waals surface area contributed by atoms with Gasteiger partial charge in [0.05, 0.1) is 0 Å². The molecule has 96 valence electrons. The minimum Gasteiger partial charge on any atom is -0.467 e. The van der Waals surface area contributed by atoms with E-state index in [0.29, 0.717) is 23.3 Å². The van der Waals surface area contributed by atoms with Crippen molar-refractivity contribution in [1.82, 2.24) is 0 Å². The fourth-order valence-electron chi connectivity index (χ4n) is 1.78. The first-order valence-corrected chi connectivity index (χ1v) is 5.54. The van der Waals surface area contributed by atoms with Crippen LogP contribution < -0.4 is 10.4 Å². The first-order chi connectivity index (χ1) is 8.76. The Balaban J connectivity index is 2.56. The first kappa shape index (κ1) is 12.6. The normalized spacial score (nSPS) is 10.8. The second-order valence-electron chi connectivity index (χ2n) is 3.74. The molecule has 0 spiro atoms. The second kappa shape index (κ2) is 5.66. The fourth-order valence-corrected chi connectivity index (χ4v) is 1.78. The lowest BCUT2D eigenvalue weighted by Gasteiger charge is -2.11. The van der Waals surface area contributed by atoms with Gasteiger partial charge in [0.25, 0.3) is 0 Å². The van der Waals surface area contributed by atoms with Crippen LogP contribution in [0.25, 0.3) is 11.0 Å². The van der Waals surface area contributed by atoms with Crippen molar-refractivity contribution in [1.29, 1.82) is 0 Å². The van der Waals surface area contributed by atoms with E-state index in [4.69, 9.17) is 19.0 Å². The molecule has 0 unspecified atom stereocenters. The Morgan fingerprint density at radius 2 is 2.06 bits per heavy atom. The Hall–Kier alpha value is -1.85. The van der Waals surface area contributed by atoms with Gasteiger partial charge in [-0.15, -0.1) is 0 Å². The summed E-state index contributed by atoms with van der Waals surface area (Å²) in [6, 6.07) is 6.61. The summed E-state index contributed by atoms with van der Waals surface area (Å²) in [5.74, 6) is 0.549. The molecule has 1 N–H and O–H groups in total. The van der Waals surface area contributed by atoms with Gasteiger partial charge in [-0.25, -0.2) is 4.79 Å². The smallest absolute Gasteiger partial charge is 0.336 e. The molecule has 0 amide bonds. The molecule has 1 aromatic heterocycles. The lowest BCUT2D eigenvalue weighted by atomic mass is 10.1. The van der Waals surface area contributed by atoms with E-state index >= 15 is 0 Å². The molecule has 0 atom stereocenters.